The summed E-state index contributed by atoms with van der Waals surface area (Å²) in [5.74, 6) is -0.907. The molecule has 0 radical (unpaired) electrons. The van der Waals surface area contributed by atoms with Gasteiger partial charge in [-0.1, -0.05) is 0 Å². The van der Waals surface area contributed by atoms with Crippen LogP contribution in [0.5, 0.6) is 0 Å². The van der Waals surface area contributed by atoms with Crippen LogP contribution >= 0.6 is 0 Å². The molecule has 0 spiro atoms. The van der Waals surface area contributed by atoms with Crippen molar-refractivity contribution in [3.05, 3.63) is 0 Å². The monoisotopic (exact) mass is 217 g/mol. The van der Waals surface area contributed by atoms with Crippen LogP contribution in [0.3, 0.4) is 0 Å². The van der Waals surface area contributed by atoms with Crippen LogP contribution in [-0.4, -0.2) is 37.9 Å². The van der Waals surface area contributed by atoms with Gasteiger partial charge in [0.05, 0.1) is 16.9 Å². The number of aliphatic carboxylic acids is 1. The molecule has 2 bridgehead atoms. The minimum Gasteiger partial charge on any atom is -0.481 e. The summed E-state index contributed by atoms with van der Waals surface area (Å²) >= 11 is 0. The van der Waals surface area contributed by atoms with Gasteiger partial charge in [-0.05, 0) is 25.7 Å². The molecule has 0 aromatic heterocycles. The van der Waals surface area contributed by atoms with Crippen molar-refractivity contribution in [1.29, 1.82) is 0 Å². The van der Waals surface area contributed by atoms with Gasteiger partial charge < -0.3 is 5.11 Å². The molecule has 2 rings (SSSR count). The lowest BCUT2D eigenvalue weighted by Crippen LogP contribution is -2.45. The zero-order chi connectivity index (χ0) is 10.3. The zero-order valence-corrected chi connectivity index (χ0v) is 9.00. The molecule has 3 atom stereocenters. The molecule has 5 heteroatoms. The van der Waals surface area contributed by atoms with Crippen LogP contribution in [0.15, 0.2) is 0 Å². The first kappa shape index (κ1) is 10.1. The van der Waals surface area contributed by atoms with Crippen molar-refractivity contribution in [2.45, 2.75) is 37.8 Å². The maximum absolute atomic E-state index is 11.4. The molecule has 4 nitrogen and oxygen atoms in total. The molecule has 0 aliphatic carbocycles. The third-order valence-electron chi connectivity index (χ3n) is 3.31. The lowest BCUT2D eigenvalue weighted by atomic mass is 9.93. The van der Waals surface area contributed by atoms with E-state index < -0.39 is 17.0 Å². The summed E-state index contributed by atoms with van der Waals surface area (Å²) in [6.45, 7) is 0. The Morgan fingerprint density at radius 2 is 1.86 bits per heavy atom. The number of carboxylic acid groups (broad SMARTS) is 1. The Kier molecular flexibility index (Phi) is 2.62. The van der Waals surface area contributed by atoms with E-state index in [1.165, 1.54) is 0 Å². The largest absolute Gasteiger partial charge is 0.481 e. The van der Waals surface area contributed by atoms with Gasteiger partial charge in [-0.25, -0.2) is 8.51 Å². The second-order valence-corrected chi connectivity index (χ2v) is 5.44. The molecule has 0 saturated carbocycles. The number of fused-ring (bicyclic) bond motifs is 2. The van der Waals surface area contributed by atoms with Gasteiger partial charge >= 0.3 is 5.97 Å². The maximum atomic E-state index is 11.4. The minimum absolute atomic E-state index is 0.215. The average molecular weight is 217 g/mol. The fourth-order valence-electron chi connectivity index (χ4n) is 2.76. The third-order valence-corrected chi connectivity index (χ3v) is 4.50. The normalized spacial score (nSPS) is 39.6. The van der Waals surface area contributed by atoms with E-state index in [0.717, 1.165) is 12.8 Å². The smallest absolute Gasteiger partial charge is 0.306 e. The van der Waals surface area contributed by atoms with Gasteiger partial charge in [-0.15, -0.1) is 0 Å². The van der Waals surface area contributed by atoms with Gasteiger partial charge in [0.15, 0.2) is 0 Å². The number of carboxylic acids is 1. The summed E-state index contributed by atoms with van der Waals surface area (Å²) in [6.07, 6.45) is 5.05. The molecule has 1 N–H and O–H groups in total. The first-order valence-corrected chi connectivity index (χ1v) is 6.45. The first-order chi connectivity index (χ1) is 6.59. The quantitative estimate of drug-likeness (QED) is 0.737. The highest BCUT2D eigenvalue weighted by molar-refractivity contribution is 7.81. The van der Waals surface area contributed by atoms with Gasteiger partial charge in [0.1, 0.15) is 0 Å². The van der Waals surface area contributed by atoms with Crippen LogP contribution in [-0.2, 0) is 15.8 Å². The summed E-state index contributed by atoms with van der Waals surface area (Å²) in [5.41, 5.74) is 0. The van der Waals surface area contributed by atoms with Crippen LogP contribution in [0.25, 0.3) is 0 Å². The maximum Gasteiger partial charge on any atom is 0.306 e. The van der Waals surface area contributed by atoms with Crippen molar-refractivity contribution in [1.82, 2.24) is 4.31 Å². The Labute approximate surface area is 85.9 Å². The van der Waals surface area contributed by atoms with Crippen LogP contribution in [0.1, 0.15) is 25.7 Å². The highest BCUT2D eigenvalue weighted by Crippen LogP contribution is 2.39. The lowest BCUT2D eigenvalue weighted by molar-refractivity contribution is -0.143. The molecule has 2 fully saturated rings. The Hall–Kier alpha value is -0.420. The first-order valence-electron chi connectivity index (χ1n) is 4.94. The van der Waals surface area contributed by atoms with Crippen molar-refractivity contribution in [3.63, 3.8) is 0 Å². The van der Waals surface area contributed by atoms with Gasteiger partial charge in [0, 0.05) is 18.3 Å². The van der Waals surface area contributed by atoms with E-state index in [9.17, 15) is 9.00 Å². The number of piperidine rings is 1. The standard InChI is InChI=1S/C9H15NO3S/c1-14(13)10-7-2-3-8(10)5-6(4-7)9(11)12/h6-8H,2-5H2,1H3,(H,11,12). The molecular weight excluding hydrogens is 202 g/mol. The predicted molar refractivity (Wildman–Crippen MR) is 53.1 cm³/mol. The topological polar surface area (TPSA) is 57.6 Å². The summed E-state index contributed by atoms with van der Waals surface area (Å²) in [4.78, 5) is 10.9. The summed E-state index contributed by atoms with van der Waals surface area (Å²) in [7, 11) is -0.937. The molecule has 14 heavy (non-hydrogen) atoms. The number of hydrogen-bond acceptors (Lipinski definition) is 2. The molecule has 2 saturated heterocycles. The lowest BCUT2D eigenvalue weighted by Gasteiger charge is -2.35. The number of rotatable bonds is 2. The predicted octanol–water partition coefficient (Wildman–Crippen LogP) is 0.607. The molecule has 2 aliphatic rings. The van der Waals surface area contributed by atoms with Crippen LogP contribution in [0.2, 0.25) is 0 Å². The summed E-state index contributed by atoms with van der Waals surface area (Å²) < 4.78 is 13.4. The Morgan fingerprint density at radius 3 is 2.21 bits per heavy atom. The van der Waals surface area contributed by atoms with E-state index in [1.54, 1.807) is 6.26 Å². The average Bonchev–Trinajstić information content (AvgIpc) is 2.37. The fourth-order valence-corrected chi connectivity index (χ4v) is 3.98. The third kappa shape index (κ3) is 1.59. The SMILES string of the molecule is CS(=O)N1C2CCC1CC(C(=O)O)C2. The highest BCUT2D eigenvalue weighted by Gasteiger charge is 2.44. The molecular formula is C9H15NO3S. The highest BCUT2D eigenvalue weighted by atomic mass is 32.2. The fraction of sp³-hybridized carbons (Fsp3) is 0.889. The number of hydrogen-bond donors (Lipinski definition) is 1. The van der Waals surface area contributed by atoms with E-state index in [2.05, 4.69) is 0 Å². The number of carbonyl (C=O) groups is 1. The van der Waals surface area contributed by atoms with E-state index in [1.807, 2.05) is 4.31 Å². The number of nitrogens with zero attached hydrogens (tertiary/aromatic N) is 1. The Morgan fingerprint density at radius 1 is 1.36 bits per heavy atom. The van der Waals surface area contributed by atoms with Gasteiger partial charge in [0.25, 0.3) is 0 Å². The molecule has 3 unspecified atom stereocenters. The molecule has 2 heterocycles. The summed E-state index contributed by atoms with van der Waals surface area (Å²) in [5, 5.41) is 8.93. The van der Waals surface area contributed by atoms with E-state index in [0.29, 0.717) is 12.8 Å². The van der Waals surface area contributed by atoms with E-state index >= 15 is 0 Å². The van der Waals surface area contributed by atoms with Crippen LogP contribution < -0.4 is 0 Å². The summed E-state index contributed by atoms with van der Waals surface area (Å²) in [6, 6.07) is 0.473. The second-order valence-electron chi connectivity index (χ2n) is 4.18. The molecule has 80 valence electrons. The van der Waals surface area contributed by atoms with Crippen LogP contribution in [0.4, 0.5) is 0 Å². The van der Waals surface area contributed by atoms with Crippen molar-refractivity contribution in [3.8, 4) is 0 Å². The Balaban J connectivity index is 2.12. The van der Waals surface area contributed by atoms with Crippen molar-refractivity contribution in [2.24, 2.45) is 5.92 Å². The van der Waals surface area contributed by atoms with Gasteiger partial charge in [-0.3, -0.25) is 4.79 Å². The zero-order valence-electron chi connectivity index (χ0n) is 8.18. The molecule has 0 aromatic rings. The molecule has 0 amide bonds. The van der Waals surface area contributed by atoms with Crippen molar-refractivity contribution in [2.75, 3.05) is 6.26 Å². The van der Waals surface area contributed by atoms with Crippen molar-refractivity contribution < 1.29 is 14.1 Å². The van der Waals surface area contributed by atoms with Gasteiger partial charge in [0.2, 0.25) is 0 Å². The Bertz CT molecular complexity index is 267. The molecule has 2 aliphatic heterocycles. The van der Waals surface area contributed by atoms with Crippen molar-refractivity contribution >= 4 is 17.0 Å². The minimum atomic E-state index is -0.937. The van der Waals surface area contributed by atoms with E-state index in [4.69, 9.17) is 5.11 Å². The second kappa shape index (κ2) is 3.62. The van der Waals surface area contributed by atoms with Gasteiger partial charge in [-0.2, -0.15) is 0 Å². The van der Waals surface area contributed by atoms with Crippen LogP contribution in [0, 0.1) is 5.92 Å². The van der Waals surface area contributed by atoms with E-state index in [-0.39, 0.29) is 18.0 Å². The molecule has 0 aromatic carbocycles.